The van der Waals surface area contributed by atoms with Crippen LogP contribution in [0.25, 0.3) is 11.1 Å². The molecule has 1 unspecified atom stereocenters. The van der Waals surface area contributed by atoms with E-state index >= 15 is 0 Å². The van der Waals surface area contributed by atoms with Crippen molar-refractivity contribution < 1.29 is 4.39 Å². The highest BCUT2D eigenvalue weighted by atomic mass is 35.5. The maximum absolute atomic E-state index is 13.3. The van der Waals surface area contributed by atoms with Crippen molar-refractivity contribution in [3.8, 4) is 11.1 Å². The van der Waals surface area contributed by atoms with E-state index in [4.69, 9.17) is 11.6 Å². The van der Waals surface area contributed by atoms with Gasteiger partial charge in [0.1, 0.15) is 5.82 Å². The molecule has 1 nitrogen and oxygen atoms in total. The molecule has 1 atom stereocenters. The lowest BCUT2D eigenvalue weighted by atomic mass is 10.0. The van der Waals surface area contributed by atoms with Crippen molar-refractivity contribution in [2.75, 3.05) is 7.05 Å². The van der Waals surface area contributed by atoms with Gasteiger partial charge in [0.2, 0.25) is 0 Å². The van der Waals surface area contributed by atoms with E-state index in [9.17, 15) is 4.39 Å². The third-order valence-corrected chi connectivity index (χ3v) is 3.26. The van der Waals surface area contributed by atoms with Gasteiger partial charge < -0.3 is 5.32 Å². The van der Waals surface area contributed by atoms with Crippen molar-refractivity contribution in [2.24, 2.45) is 0 Å². The predicted molar refractivity (Wildman–Crippen MR) is 74.3 cm³/mol. The molecule has 0 radical (unpaired) electrons. The summed E-state index contributed by atoms with van der Waals surface area (Å²) in [5.41, 5.74) is 2.95. The zero-order valence-corrected chi connectivity index (χ0v) is 11.1. The highest BCUT2D eigenvalue weighted by Gasteiger charge is 2.05. The molecule has 0 fully saturated rings. The molecule has 0 aliphatic heterocycles. The van der Waals surface area contributed by atoms with Crippen molar-refractivity contribution in [2.45, 2.75) is 13.0 Å². The van der Waals surface area contributed by atoms with E-state index in [1.165, 1.54) is 17.7 Å². The summed E-state index contributed by atoms with van der Waals surface area (Å²) < 4.78 is 13.3. The van der Waals surface area contributed by atoms with Crippen LogP contribution in [0.15, 0.2) is 42.5 Å². The highest BCUT2D eigenvalue weighted by Crippen LogP contribution is 2.25. The standard InChI is InChI=1S/C15H15ClFN/c1-10(18-2)11-3-5-12(6-4-11)13-7-14(16)9-15(17)8-13/h3-10,18H,1-2H3. The van der Waals surface area contributed by atoms with Crippen LogP contribution in [0.2, 0.25) is 5.02 Å². The Labute approximate surface area is 112 Å². The fourth-order valence-corrected chi connectivity index (χ4v) is 2.07. The maximum Gasteiger partial charge on any atom is 0.125 e. The first-order valence-electron chi connectivity index (χ1n) is 5.84. The molecular weight excluding hydrogens is 249 g/mol. The topological polar surface area (TPSA) is 12.0 Å². The van der Waals surface area contributed by atoms with E-state index in [-0.39, 0.29) is 5.82 Å². The van der Waals surface area contributed by atoms with Crippen LogP contribution in [0, 0.1) is 5.82 Å². The summed E-state index contributed by atoms with van der Waals surface area (Å²) in [4.78, 5) is 0. The number of rotatable bonds is 3. The summed E-state index contributed by atoms with van der Waals surface area (Å²) in [6, 6.07) is 12.9. The van der Waals surface area contributed by atoms with Crippen molar-refractivity contribution in [3.63, 3.8) is 0 Å². The van der Waals surface area contributed by atoms with Crippen LogP contribution in [0.1, 0.15) is 18.5 Å². The molecule has 0 heterocycles. The van der Waals surface area contributed by atoms with Gasteiger partial charge in [-0.15, -0.1) is 0 Å². The summed E-state index contributed by atoms with van der Waals surface area (Å²) in [5, 5.41) is 3.59. The molecule has 0 aliphatic carbocycles. The first-order valence-corrected chi connectivity index (χ1v) is 6.21. The first-order chi connectivity index (χ1) is 8.60. The Morgan fingerprint density at radius 1 is 1.06 bits per heavy atom. The molecule has 2 aromatic rings. The van der Waals surface area contributed by atoms with Gasteiger partial charge in [0, 0.05) is 11.1 Å². The first kappa shape index (κ1) is 13.1. The molecule has 0 spiro atoms. The van der Waals surface area contributed by atoms with E-state index in [0.29, 0.717) is 11.1 Å². The SMILES string of the molecule is CNC(C)c1ccc(-c2cc(F)cc(Cl)c2)cc1. The van der Waals surface area contributed by atoms with Gasteiger partial charge in [0.15, 0.2) is 0 Å². The number of halogens is 2. The summed E-state index contributed by atoms with van der Waals surface area (Å²) in [5.74, 6) is -0.315. The van der Waals surface area contributed by atoms with Crippen molar-refractivity contribution in [1.82, 2.24) is 5.32 Å². The Kier molecular flexibility index (Phi) is 4.00. The molecule has 2 aromatic carbocycles. The monoisotopic (exact) mass is 263 g/mol. The molecule has 3 heteroatoms. The Hall–Kier alpha value is -1.38. The lowest BCUT2D eigenvalue weighted by molar-refractivity contribution is 0.628. The second-order valence-corrected chi connectivity index (χ2v) is 4.73. The highest BCUT2D eigenvalue weighted by molar-refractivity contribution is 6.30. The molecule has 2 rings (SSSR count). The molecular formula is C15H15ClFN. The van der Waals surface area contributed by atoms with E-state index in [1.807, 2.05) is 31.3 Å². The second-order valence-electron chi connectivity index (χ2n) is 4.29. The Morgan fingerprint density at radius 3 is 2.28 bits per heavy atom. The van der Waals surface area contributed by atoms with E-state index in [1.54, 1.807) is 6.07 Å². The summed E-state index contributed by atoms with van der Waals surface area (Å²) in [6.07, 6.45) is 0. The molecule has 94 valence electrons. The van der Waals surface area contributed by atoms with E-state index < -0.39 is 0 Å². The van der Waals surface area contributed by atoms with E-state index in [2.05, 4.69) is 12.2 Å². The molecule has 0 saturated carbocycles. The number of hydrogen-bond acceptors (Lipinski definition) is 1. The second kappa shape index (κ2) is 5.51. The van der Waals surface area contributed by atoms with Crippen LogP contribution in [-0.2, 0) is 0 Å². The summed E-state index contributed by atoms with van der Waals surface area (Å²) in [7, 11) is 1.92. The largest absolute Gasteiger partial charge is 0.313 e. The van der Waals surface area contributed by atoms with Crippen LogP contribution in [0.5, 0.6) is 0 Å². The molecule has 0 bridgehead atoms. The van der Waals surface area contributed by atoms with Crippen LogP contribution in [0.3, 0.4) is 0 Å². The van der Waals surface area contributed by atoms with Crippen molar-refractivity contribution in [1.29, 1.82) is 0 Å². The fraction of sp³-hybridized carbons (Fsp3) is 0.200. The minimum absolute atomic E-state index is 0.301. The molecule has 0 amide bonds. The lowest BCUT2D eigenvalue weighted by Crippen LogP contribution is -2.11. The Balaban J connectivity index is 2.34. The van der Waals surface area contributed by atoms with Gasteiger partial charge in [-0.2, -0.15) is 0 Å². The average molecular weight is 264 g/mol. The van der Waals surface area contributed by atoms with Crippen molar-refractivity contribution in [3.05, 3.63) is 58.9 Å². The molecule has 0 aromatic heterocycles. The van der Waals surface area contributed by atoms with Gasteiger partial charge in [-0.1, -0.05) is 35.9 Å². The van der Waals surface area contributed by atoms with Gasteiger partial charge in [-0.25, -0.2) is 4.39 Å². The van der Waals surface area contributed by atoms with E-state index in [0.717, 1.165) is 11.1 Å². The fourth-order valence-electron chi connectivity index (χ4n) is 1.85. The normalized spacial score (nSPS) is 12.4. The molecule has 0 aliphatic rings. The number of benzene rings is 2. The average Bonchev–Trinajstić information content (AvgIpc) is 2.37. The number of hydrogen-bond donors (Lipinski definition) is 1. The van der Waals surface area contributed by atoms with Gasteiger partial charge in [-0.3, -0.25) is 0 Å². The molecule has 18 heavy (non-hydrogen) atoms. The third-order valence-electron chi connectivity index (χ3n) is 3.04. The van der Waals surface area contributed by atoms with Crippen LogP contribution in [-0.4, -0.2) is 7.05 Å². The quantitative estimate of drug-likeness (QED) is 0.864. The van der Waals surface area contributed by atoms with Gasteiger partial charge >= 0.3 is 0 Å². The summed E-state index contributed by atoms with van der Waals surface area (Å²) in [6.45, 7) is 2.09. The lowest BCUT2D eigenvalue weighted by Gasteiger charge is -2.11. The zero-order chi connectivity index (χ0) is 13.1. The Bertz CT molecular complexity index is 516. The summed E-state index contributed by atoms with van der Waals surface area (Å²) >= 11 is 5.85. The smallest absolute Gasteiger partial charge is 0.125 e. The van der Waals surface area contributed by atoms with Gasteiger partial charge in [-0.05, 0) is 48.9 Å². The van der Waals surface area contributed by atoms with Gasteiger partial charge in [0.25, 0.3) is 0 Å². The van der Waals surface area contributed by atoms with Crippen LogP contribution < -0.4 is 5.32 Å². The maximum atomic E-state index is 13.3. The van der Waals surface area contributed by atoms with Gasteiger partial charge in [0.05, 0.1) is 0 Å². The van der Waals surface area contributed by atoms with Crippen molar-refractivity contribution >= 4 is 11.6 Å². The minimum atomic E-state index is -0.315. The van der Waals surface area contributed by atoms with Crippen LogP contribution in [0.4, 0.5) is 4.39 Å². The molecule has 0 saturated heterocycles. The number of nitrogens with one attached hydrogen (secondary N) is 1. The van der Waals surface area contributed by atoms with Crippen LogP contribution >= 0.6 is 11.6 Å². The molecule has 1 N–H and O–H groups in total. The zero-order valence-electron chi connectivity index (χ0n) is 10.4. The predicted octanol–water partition coefficient (Wildman–Crippen LogP) is 4.43. The Morgan fingerprint density at radius 2 is 1.72 bits per heavy atom. The minimum Gasteiger partial charge on any atom is -0.313 e. The third kappa shape index (κ3) is 2.89.